The molecular formula is C39H45ClF2N4O9S. The number of carbonyl (C=O) groups is 5. The summed E-state index contributed by atoms with van der Waals surface area (Å²) in [5, 5.41) is 16.0. The maximum absolute atomic E-state index is 14.9. The topological polar surface area (TPSA) is 188 Å². The van der Waals surface area contributed by atoms with Crippen molar-refractivity contribution in [1.29, 1.82) is 0 Å². The molecule has 0 saturated heterocycles. The van der Waals surface area contributed by atoms with E-state index in [0.717, 1.165) is 11.1 Å². The van der Waals surface area contributed by atoms with Crippen LogP contribution < -0.4 is 15.4 Å². The maximum atomic E-state index is 14.9. The number of nitrogens with one attached hydrogen (secondary N) is 3. The maximum Gasteiger partial charge on any atom is 0.379 e. The van der Waals surface area contributed by atoms with Crippen molar-refractivity contribution in [2.75, 3.05) is 13.2 Å². The number of nitrogens with zero attached hydrogens (tertiary/aromatic N) is 1. The molecule has 0 spiro atoms. The van der Waals surface area contributed by atoms with Crippen molar-refractivity contribution in [1.82, 2.24) is 20.3 Å². The molecule has 3 aromatic carbocycles. The monoisotopic (exact) mass is 818 g/mol. The molecule has 1 unspecified atom stereocenters. The Morgan fingerprint density at radius 2 is 1.39 bits per heavy atom. The number of amides is 4. The number of sulfonamides is 1. The fourth-order valence-corrected chi connectivity index (χ4v) is 7.36. The number of carbonyl (C=O) groups excluding carboxylic acids is 5. The van der Waals surface area contributed by atoms with E-state index in [9.17, 15) is 46.3 Å². The predicted octanol–water partition coefficient (Wildman–Crippen LogP) is 3.91. The second-order valence-corrected chi connectivity index (χ2v) is 16.2. The molecule has 3 aromatic rings. The first-order valence-electron chi connectivity index (χ1n) is 17.9. The summed E-state index contributed by atoms with van der Waals surface area (Å²) in [6, 6.07) is 14.3. The lowest BCUT2D eigenvalue weighted by molar-refractivity contribution is -0.192. The molecule has 0 radical (unpaired) electrons. The Morgan fingerprint density at radius 1 is 0.857 bits per heavy atom. The highest BCUT2D eigenvalue weighted by Gasteiger charge is 2.52. The van der Waals surface area contributed by atoms with Gasteiger partial charge in [0.15, 0.2) is 0 Å². The first kappa shape index (κ1) is 43.8. The SMILES string of the molecule is CCOC(=O)C(F)(F)C(O)[C@@H](NC(=O)CN(C(=O)[C@@H](NC(=O)c1ccc(C(=O)NS(=O)(=O)c2ccc(Cl)cc2)cc1)C(C)C)C1Cc2ccccc2C1)C(C)C. The fourth-order valence-electron chi connectivity index (χ4n) is 6.26. The molecule has 17 heteroatoms. The quantitative estimate of drug-likeness (QED) is 0.156. The smallest absolute Gasteiger partial charge is 0.379 e. The average Bonchev–Trinajstić information content (AvgIpc) is 3.58. The van der Waals surface area contributed by atoms with Crippen LogP contribution >= 0.6 is 11.6 Å². The lowest BCUT2D eigenvalue weighted by atomic mass is 9.94. The van der Waals surface area contributed by atoms with E-state index in [1.54, 1.807) is 13.8 Å². The summed E-state index contributed by atoms with van der Waals surface area (Å²) >= 11 is 5.82. The molecule has 3 atom stereocenters. The molecule has 0 saturated carbocycles. The van der Waals surface area contributed by atoms with E-state index in [2.05, 4.69) is 15.4 Å². The second-order valence-electron chi connectivity index (χ2n) is 14.1. The number of ether oxygens (including phenoxy) is 1. The number of hydrogen-bond donors (Lipinski definition) is 4. The third-order valence-electron chi connectivity index (χ3n) is 9.35. The highest BCUT2D eigenvalue weighted by molar-refractivity contribution is 7.90. The van der Waals surface area contributed by atoms with Crippen molar-refractivity contribution < 1.29 is 51.0 Å². The van der Waals surface area contributed by atoms with Gasteiger partial charge in [-0.25, -0.2) is 17.9 Å². The third kappa shape index (κ3) is 10.5. The molecular weight excluding hydrogens is 774 g/mol. The average molecular weight is 819 g/mol. The summed E-state index contributed by atoms with van der Waals surface area (Å²) in [6.07, 6.45) is -1.91. The number of esters is 1. The molecule has 1 aliphatic carbocycles. The molecule has 0 fully saturated rings. The molecule has 4 amide bonds. The zero-order chi connectivity index (χ0) is 41.5. The molecule has 4 N–H and O–H groups in total. The molecule has 0 aliphatic heterocycles. The van der Waals surface area contributed by atoms with Gasteiger partial charge in [0.1, 0.15) is 12.1 Å². The van der Waals surface area contributed by atoms with Crippen LogP contribution in [0, 0.1) is 11.8 Å². The zero-order valence-corrected chi connectivity index (χ0v) is 33.0. The summed E-state index contributed by atoms with van der Waals surface area (Å²) in [6.45, 7) is 6.66. The van der Waals surface area contributed by atoms with Crippen LogP contribution in [0.15, 0.2) is 77.7 Å². The van der Waals surface area contributed by atoms with Crippen molar-refractivity contribution in [2.45, 2.75) is 82.5 Å². The zero-order valence-electron chi connectivity index (χ0n) is 31.4. The van der Waals surface area contributed by atoms with Crippen molar-refractivity contribution in [2.24, 2.45) is 11.8 Å². The van der Waals surface area contributed by atoms with Crippen LogP contribution in [0.25, 0.3) is 0 Å². The summed E-state index contributed by atoms with van der Waals surface area (Å²) in [4.78, 5) is 67.4. The van der Waals surface area contributed by atoms with Crippen molar-refractivity contribution in [3.8, 4) is 0 Å². The van der Waals surface area contributed by atoms with Crippen LogP contribution in [0.5, 0.6) is 0 Å². The van der Waals surface area contributed by atoms with Gasteiger partial charge in [-0.3, -0.25) is 19.2 Å². The lowest BCUT2D eigenvalue weighted by Crippen LogP contribution is -2.60. The predicted molar refractivity (Wildman–Crippen MR) is 202 cm³/mol. The minimum absolute atomic E-state index is 0.0365. The van der Waals surface area contributed by atoms with Crippen LogP contribution in [0.4, 0.5) is 8.78 Å². The Labute approximate surface area is 329 Å². The van der Waals surface area contributed by atoms with Crippen LogP contribution in [-0.4, -0.2) is 91.3 Å². The molecule has 4 rings (SSSR count). The number of aliphatic hydroxyl groups excluding tert-OH is 1. The van der Waals surface area contributed by atoms with E-state index in [1.165, 1.54) is 74.2 Å². The summed E-state index contributed by atoms with van der Waals surface area (Å²) in [5.74, 6) is -10.8. The molecule has 13 nitrogen and oxygen atoms in total. The molecule has 302 valence electrons. The number of fused-ring (bicyclic) bond motifs is 1. The normalized spacial score (nSPS) is 14.7. The van der Waals surface area contributed by atoms with Gasteiger partial charge in [0.2, 0.25) is 11.8 Å². The van der Waals surface area contributed by atoms with Crippen LogP contribution in [0.3, 0.4) is 0 Å². The third-order valence-corrected chi connectivity index (χ3v) is 11.0. The van der Waals surface area contributed by atoms with Crippen molar-refractivity contribution in [3.05, 3.63) is 100 Å². The minimum atomic E-state index is -4.34. The number of halogens is 3. The van der Waals surface area contributed by atoms with Crippen LogP contribution in [0.1, 0.15) is 66.5 Å². The Balaban J connectivity index is 1.53. The molecule has 0 aromatic heterocycles. The van der Waals surface area contributed by atoms with Gasteiger partial charge < -0.3 is 25.4 Å². The van der Waals surface area contributed by atoms with E-state index in [1.807, 2.05) is 29.0 Å². The molecule has 0 bridgehead atoms. The molecule has 1 aliphatic rings. The van der Waals surface area contributed by atoms with Crippen molar-refractivity contribution in [3.63, 3.8) is 0 Å². The van der Waals surface area contributed by atoms with Gasteiger partial charge in [-0.1, -0.05) is 63.6 Å². The van der Waals surface area contributed by atoms with Gasteiger partial charge in [0, 0.05) is 22.2 Å². The van der Waals surface area contributed by atoms with E-state index in [4.69, 9.17) is 11.6 Å². The fraction of sp³-hybridized carbons (Fsp3) is 0.410. The Hall–Kier alpha value is -4.93. The Morgan fingerprint density at radius 3 is 1.89 bits per heavy atom. The Kier molecular flexibility index (Phi) is 14.3. The molecule has 56 heavy (non-hydrogen) atoms. The van der Waals surface area contributed by atoms with Gasteiger partial charge in [-0.2, -0.15) is 8.78 Å². The number of alkyl halides is 2. The van der Waals surface area contributed by atoms with E-state index < -0.39 is 88.2 Å². The summed E-state index contributed by atoms with van der Waals surface area (Å²) in [7, 11) is -4.23. The molecule has 0 heterocycles. The number of rotatable bonds is 16. The largest absolute Gasteiger partial charge is 0.461 e. The summed E-state index contributed by atoms with van der Waals surface area (Å²) in [5.41, 5.74) is 1.85. The first-order chi connectivity index (χ1) is 26.3. The highest BCUT2D eigenvalue weighted by Crippen LogP contribution is 2.28. The van der Waals surface area contributed by atoms with E-state index in [-0.39, 0.29) is 22.6 Å². The number of hydrogen-bond acceptors (Lipinski definition) is 9. The standard InChI is InChI=1S/C39H45ClF2N4O9S/c1-6-55-38(52)39(41,42)34(48)32(22(2)3)43-31(47)21-46(29-19-26-9-7-8-10-27(26)20-29)37(51)33(23(4)5)44-35(49)24-11-13-25(14-12-24)36(50)45-56(53,54)30-17-15-28(40)16-18-30/h7-18,22-23,29,32-34,48H,6,19-21H2,1-5H3,(H,43,47)(H,44,49)(H,45,50)/t32-,33-,34?/m0/s1. The number of benzene rings is 3. The van der Waals surface area contributed by atoms with Gasteiger partial charge in [-0.05, 0) is 91.3 Å². The lowest BCUT2D eigenvalue weighted by Gasteiger charge is -2.35. The van der Waals surface area contributed by atoms with Gasteiger partial charge in [0.05, 0.1) is 24.1 Å². The highest BCUT2D eigenvalue weighted by atomic mass is 35.5. The van der Waals surface area contributed by atoms with E-state index in [0.29, 0.717) is 17.9 Å². The Bertz CT molecular complexity index is 2010. The first-order valence-corrected chi connectivity index (χ1v) is 19.8. The van der Waals surface area contributed by atoms with Crippen molar-refractivity contribution >= 4 is 51.2 Å². The van der Waals surface area contributed by atoms with Crippen LogP contribution in [0.2, 0.25) is 5.02 Å². The van der Waals surface area contributed by atoms with Gasteiger partial charge >= 0.3 is 11.9 Å². The summed E-state index contributed by atoms with van der Waals surface area (Å²) < 4.78 is 61.5. The second kappa shape index (κ2) is 18.3. The number of aliphatic hydroxyl groups is 1. The van der Waals surface area contributed by atoms with E-state index >= 15 is 0 Å². The van der Waals surface area contributed by atoms with Gasteiger partial charge in [-0.15, -0.1) is 0 Å². The van der Waals surface area contributed by atoms with Crippen LogP contribution in [-0.2, 0) is 42.0 Å². The minimum Gasteiger partial charge on any atom is -0.461 e. The van der Waals surface area contributed by atoms with Gasteiger partial charge in [0.25, 0.3) is 21.8 Å².